The quantitative estimate of drug-likeness (QED) is 0.519. The maximum atomic E-state index is 12.6. The second-order valence-electron chi connectivity index (χ2n) is 5.43. The molecule has 3 aromatic rings. The Balaban J connectivity index is 1.80. The topological polar surface area (TPSA) is 94.4 Å². The van der Waals surface area contributed by atoms with Gasteiger partial charge in [0.2, 0.25) is 0 Å². The minimum Gasteiger partial charge on any atom is -0.485 e. The van der Waals surface area contributed by atoms with Crippen molar-refractivity contribution >= 4 is 28.6 Å². The van der Waals surface area contributed by atoms with Crippen molar-refractivity contribution in [2.75, 3.05) is 5.32 Å². The smallest absolute Gasteiger partial charge is 0.273 e. The van der Waals surface area contributed by atoms with E-state index in [0.29, 0.717) is 17.0 Å². The summed E-state index contributed by atoms with van der Waals surface area (Å²) in [4.78, 5) is 27.3. The van der Waals surface area contributed by atoms with Crippen LogP contribution in [0.1, 0.15) is 21.6 Å². The maximum absolute atomic E-state index is 12.6. The van der Waals surface area contributed by atoms with Gasteiger partial charge < -0.3 is 10.1 Å². The van der Waals surface area contributed by atoms with Gasteiger partial charge in [0, 0.05) is 22.6 Å². The van der Waals surface area contributed by atoms with Gasteiger partial charge in [-0.2, -0.15) is 0 Å². The minimum atomic E-state index is -0.503. The van der Waals surface area contributed by atoms with Crippen molar-refractivity contribution in [1.29, 1.82) is 0 Å². The first-order valence-corrected chi connectivity index (χ1v) is 8.65. The Morgan fingerprint density at radius 1 is 1.27 bits per heavy atom. The zero-order valence-corrected chi connectivity index (χ0v) is 14.7. The highest BCUT2D eigenvalue weighted by Gasteiger charge is 2.19. The Hall–Kier alpha value is -3.26. The van der Waals surface area contributed by atoms with Crippen molar-refractivity contribution < 1.29 is 14.5 Å². The van der Waals surface area contributed by atoms with Crippen LogP contribution >= 0.6 is 11.3 Å². The van der Waals surface area contributed by atoms with Crippen LogP contribution in [0.15, 0.2) is 53.4 Å². The lowest BCUT2D eigenvalue weighted by atomic mass is 10.1. The fourth-order valence-electron chi connectivity index (χ4n) is 2.41. The number of carbonyl (C=O) groups excluding carboxylic acids is 1. The van der Waals surface area contributed by atoms with E-state index < -0.39 is 10.8 Å². The maximum Gasteiger partial charge on any atom is 0.273 e. The fourth-order valence-corrected chi connectivity index (χ4v) is 2.96. The molecule has 1 aromatic heterocycles. The van der Waals surface area contributed by atoms with Crippen LogP contribution in [-0.4, -0.2) is 15.8 Å². The summed E-state index contributed by atoms with van der Waals surface area (Å²) in [6.45, 7) is 1.84. The summed E-state index contributed by atoms with van der Waals surface area (Å²) >= 11 is 1.48. The van der Waals surface area contributed by atoms with Gasteiger partial charge in [-0.05, 0) is 25.1 Å². The molecule has 0 saturated heterocycles. The van der Waals surface area contributed by atoms with E-state index in [9.17, 15) is 14.9 Å². The third-order valence-electron chi connectivity index (χ3n) is 3.74. The lowest BCUT2D eigenvalue weighted by Gasteiger charge is -2.12. The number of aromatic nitrogens is 1. The summed E-state index contributed by atoms with van der Waals surface area (Å²) in [5, 5.41) is 15.7. The lowest BCUT2D eigenvalue weighted by Crippen LogP contribution is -2.15. The zero-order chi connectivity index (χ0) is 18.5. The first-order valence-electron chi connectivity index (χ1n) is 7.70. The second kappa shape index (κ2) is 7.75. The molecule has 0 bridgehead atoms. The molecule has 7 nitrogen and oxygen atoms in total. The monoisotopic (exact) mass is 369 g/mol. The van der Waals surface area contributed by atoms with Crippen molar-refractivity contribution in [1.82, 2.24) is 4.98 Å². The zero-order valence-electron chi connectivity index (χ0n) is 13.8. The Bertz CT molecular complexity index is 941. The molecule has 0 fully saturated rings. The standard InChI is InChI=1S/C18H15N3O4S/c1-12-14(5-4-7-16(12)21(23)24)18(22)20-15-6-2-3-8-17(15)25-9-13-10-26-11-19-13/h2-8,10-11H,9H2,1H3,(H,20,22). The number of para-hydroxylation sites is 2. The van der Waals surface area contributed by atoms with Gasteiger partial charge in [-0.3, -0.25) is 14.9 Å². The van der Waals surface area contributed by atoms with E-state index in [4.69, 9.17) is 4.74 Å². The molecular formula is C18H15N3O4S. The van der Waals surface area contributed by atoms with Crippen LogP contribution in [0.25, 0.3) is 0 Å². The fraction of sp³-hybridized carbons (Fsp3) is 0.111. The summed E-state index contributed by atoms with van der Waals surface area (Å²) < 4.78 is 5.73. The van der Waals surface area contributed by atoms with E-state index in [2.05, 4.69) is 10.3 Å². The first-order chi connectivity index (χ1) is 12.6. The van der Waals surface area contributed by atoms with Gasteiger partial charge in [-0.15, -0.1) is 11.3 Å². The molecule has 3 rings (SSSR count). The van der Waals surface area contributed by atoms with Gasteiger partial charge in [-0.25, -0.2) is 4.98 Å². The largest absolute Gasteiger partial charge is 0.485 e. The molecule has 1 N–H and O–H groups in total. The van der Waals surface area contributed by atoms with Crippen LogP contribution in [-0.2, 0) is 6.61 Å². The number of nitrogens with one attached hydrogen (secondary N) is 1. The summed E-state index contributed by atoms with van der Waals surface area (Å²) in [5.74, 6) is 0.0628. The van der Waals surface area contributed by atoms with Gasteiger partial charge in [0.15, 0.2) is 0 Å². The molecule has 0 aliphatic rings. The normalized spacial score (nSPS) is 10.3. The molecule has 26 heavy (non-hydrogen) atoms. The number of amides is 1. The van der Waals surface area contributed by atoms with Crippen molar-refractivity contribution in [2.45, 2.75) is 13.5 Å². The third-order valence-corrected chi connectivity index (χ3v) is 4.38. The van der Waals surface area contributed by atoms with Crippen molar-refractivity contribution in [3.05, 3.63) is 80.3 Å². The molecule has 0 aliphatic heterocycles. The number of nitro groups is 1. The molecule has 132 valence electrons. The number of ether oxygens (including phenoxy) is 1. The van der Waals surface area contributed by atoms with Crippen LogP contribution in [0.2, 0.25) is 0 Å². The van der Waals surface area contributed by atoms with Crippen molar-refractivity contribution in [3.8, 4) is 5.75 Å². The average molecular weight is 369 g/mol. The summed E-state index contributed by atoms with van der Waals surface area (Å²) in [7, 11) is 0. The first kappa shape index (κ1) is 17.6. The van der Waals surface area contributed by atoms with Gasteiger partial charge in [0.05, 0.1) is 21.8 Å². The predicted molar refractivity (Wildman–Crippen MR) is 98.7 cm³/mol. The van der Waals surface area contributed by atoms with Crippen LogP contribution in [0.4, 0.5) is 11.4 Å². The van der Waals surface area contributed by atoms with Crippen LogP contribution in [0.5, 0.6) is 5.75 Å². The number of anilines is 1. The van der Waals surface area contributed by atoms with E-state index in [1.807, 2.05) is 5.38 Å². The second-order valence-corrected chi connectivity index (χ2v) is 6.14. The van der Waals surface area contributed by atoms with E-state index in [-0.39, 0.29) is 17.9 Å². The molecule has 2 aromatic carbocycles. The highest BCUT2D eigenvalue weighted by molar-refractivity contribution is 7.07. The molecule has 1 amide bonds. The van der Waals surface area contributed by atoms with Crippen LogP contribution in [0.3, 0.4) is 0 Å². The molecule has 0 unspecified atom stereocenters. The Kier molecular flexibility index (Phi) is 5.23. The minimum absolute atomic E-state index is 0.0919. The number of benzene rings is 2. The number of hydrogen-bond donors (Lipinski definition) is 1. The van der Waals surface area contributed by atoms with Gasteiger partial charge in [0.1, 0.15) is 12.4 Å². The van der Waals surface area contributed by atoms with Crippen LogP contribution < -0.4 is 10.1 Å². The van der Waals surface area contributed by atoms with Crippen LogP contribution in [0, 0.1) is 17.0 Å². The van der Waals surface area contributed by atoms with E-state index >= 15 is 0 Å². The molecule has 0 atom stereocenters. The highest BCUT2D eigenvalue weighted by Crippen LogP contribution is 2.27. The Morgan fingerprint density at radius 2 is 2.08 bits per heavy atom. The van der Waals surface area contributed by atoms with Gasteiger partial charge >= 0.3 is 0 Å². The molecule has 0 radical (unpaired) electrons. The summed E-state index contributed by atoms with van der Waals surface area (Å²) in [5.41, 5.74) is 3.47. The summed E-state index contributed by atoms with van der Waals surface area (Å²) in [6, 6.07) is 11.4. The molecular weight excluding hydrogens is 354 g/mol. The van der Waals surface area contributed by atoms with E-state index in [1.54, 1.807) is 42.8 Å². The molecule has 8 heteroatoms. The van der Waals surface area contributed by atoms with E-state index in [1.165, 1.54) is 23.5 Å². The van der Waals surface area contributed by atoms with E-state index in [0.717, 1.165) is 5.69 Å². The Labute approximate surface area is 153 Å². The highest BCUT2D eigenvalue weighted by atomic mass is 32.1. The number of carbonyl (C=O) groups is 1. The van der Waals surface area contributed by atoms with Gasteiger partial charge in [0.25, 0.3) is 11.6 Å². The number of nitrogens with zero attached hydrogens (tertiary/aromatic N) is 2. The number of rotatable bonds is 6. The molecule has 0 spiro atoms. The van der Waals surface area contributed by atoms with Gasteiger partial charge in [-0.1, -0.05) is 18.2 Å². The number of hydrogen-bond acceptors (Lipinski definition) is 6. The predicted octanol–water partition coefficient (Wildman–Crippen LogP) is 4.19. The van der Waals surface area contributed by atoms with Crippen molar-refractivity contribution in [3.63, 3.8) is 0 Å². The average Bonchev–Trinajstić information content (AvgIpc) is 3.14. The molecule has 1 heterocycles. The Morgan fingerprint density at radius 3 is 2.81 bits per heavy atom. The third kappa shape index (κ3) is 3.86. The lowest BCUT2D eigenvalue weighted by molar-refractivity contribution is -0.385. The number of nitro benzene ring substituents is 1. The molecule has 0 saturated carbocycles. The van der Waals surface area contributed by atoms with Crippen molar-refractivity contribution in [2.24, 2.45) is 0 Å². The number of thiazole rings is 1. The molecule has 0 aliphatic carbocycles. The summed E-state index contributed by atoms with van der Waals surface area (Å²) in [6.07, 6.45) is 0. The SMILES string of the molecule is Cc1c(C(=O)Nc2ccccc2OCc2cscn2)cccc1[N+](=O)[O-].